The Labute approximate surface area is 108 Å². The molecule has 94 valence electrons. The summed E-state index contributed by atoms with van der Waals surface area (Å²) in [6.45, 7) is 0.0843. The number of benzene rings is 1. The zero-order chi connectivity index (χ0) is 13.3. The van der Waals surface area contributed by atoms with Gasteiger partial charge >= 0.3 is 0 Å². The molecule has 0 bridgehead atoms. The third-order valence-electron chi connectivity index (χ3n) is 2.66. The van der Waals surface area contributed by atoms with Gasteiger partial charge in [0.2, 0.25) is 5.91 Å². The van der Waals surface area contributed by atoms with Crippen molar-refractivity contribution in [3.05, 3.63) is 28.8 Å². The molecule has 0 fully saturated rings. The number of carbonyl (C=O) groups excluding carboxylic acids is 3. The largest absolute Gasteiger partial charge is 0.304 e. The van der Waals surface area contributed by atoms with E-state index in [-0.39, 0.29) is 13.0 Å². The molecule has 1 aromatic rings. The topological polar surface area (TPSA) is 92.5 Å². The van der Waals surface area contributed by atoms with E-state index in [2.05, 4.69) is 0 Å². The van der Waals surface area contributed by atoms with Crippen molar-refractivity contribution in [3.8, 4) is 0 Å². The standard InChI is InChI=1S/C11H10ClN3O3/c12-6-1-2-7-8(5-6)15(11(18)10(7)17)4-3-9(16)14-13/h1-2,5H,3-4,13H2,(H,14,16). The Balaban J connectivity index is 2.27. The van der Waals surface area contributed by atoms with E-state index in [4.69, 9.17) is 17.4 Å². The summed E-state index contributed by atoms with van der Waals surface area (Å²) in [5.74, 6) is 3.29. The van der Waals surface area contributed by atoms with Gasteiger partial charge in [0.1, 0.15) is 0 Å². The molecule has 0 saturated heterocycles. The van der Waals surface area contributed by atoms with Crippen LogP contribution in [0.25, 0.3) is 0 Å². The summed E-state index contributed by atoms with van der Waals surface area (Å²) >= 11 is 5.83. The van der Waals surface area contributed by atoms with E-state index >= 15 is 0 Å². The van der Waals surface area contributed by atoms with Crippen LogP contribution in [0.5, 0.6) is 0 Å². The average Bonchev–Trinajstić information content (AvgIpc) is 2.59. The molecule has 2 amide bonds. The molecule has 0 unspecified atom stereocenters. The summed E-state index contributed by atoms with van der Waals surface area (Å²) < 4.78 is 0. The second kappa shape index (κ2) is 4.75. The third-order valence-corrected chi connectivity index (χ3v) is 2.89. The van der Waals surface area contributed by atoms with Crippen molar-refractivity contribution in [2.75, 3.05) is 11.4 Å². The van der Waals surface area contributed by atoms with E-state index in [1.165, 1.54) is 17.0 Å². The fraction of sp³-hybridized carbons (Fsp3) is 0.182. The summed E-state index contributed by atoms with van der Waals surface area (Å²) in [5.41, 5.74) is 2.70. The molecule has 0 radical (unpaired) electrons. The van der Waals surface area contributed by atoms with Gasteiger partial charge < -0.3 is 4.90 Å². The van der Waals surface area contributed by atoms with Gasteiger partial charge in [-0.3, -0.25) is 19.8 Å². The highest BCUT2D eigenvalue weighted by Gasteiger charge is 2.35. The number of nitrogens with two attached hydrogens (primary N) is 1. The molecule has 0 saturated carbocycles. The molecule has 1 aliphatic rings. The van der Waals surface area contributed by atoms with Crippen molar-refractivity contribution in [2.24, 2.45) is 5.84 Å². The maximum atomic E-state index is 11.7. The van der Waals surface area contributed by atoms with E-state index in [1.54, 1.807) is 6.07 Å². The van der Waals surface area contributed by atoms with E-state index in [1.807, 2.05) is 5.43 Å². The first-order valence-electron chi connectivity index (χ1n) is 5.20. The number of hydrogen-bond acceptors (Lipinski definition) is 4. The molecular formula is C11H10ClN3O3. The first kappa shape index (κ1) is 12.5. The zero-order valence-electron chi connectivity index (χ0n) is 9.27. The summed E-state index contributed by atoms with van der Waals surface area (Å²) in [6.07, 6.45) is 0.0154. The Kier molecular flexibility index (Phi) is 3.31. The number of amides is 2. The lowest BCUT2D eigenvalue weighted by Gasteiger charge is -2.15. The minimum Gasteiger partial charge on any atom is -0.304 e. The first-order chi connectivity index (χ1) is 8.54. The number of halogens is 1. The molecule has 1 aromatic carbocycles. The Morgan fingerprint density at radius 2 is 2.11 bits per heavy atom. The molecule has 7 heteroatoms. The van der Waals surface area contributed by atoms with Crippen molar-refractivity contribution in [1.29, 1.82) is 0 Å². The maximum Gasteiger partial charge on any atom is 0.299 e. The Morgan fingerprint density at radius 1 is 1.39 bits per heavy atom. The molecule has 0 aromatic heterocycles. The monoisotopic (exact) mass is 267 g/mol. The summed E-state index contributed by atoms with van der Waals surface area (Å²) in [6, 6.07) is 4.57. The lowest BCUT2D eigenvalue weighted by molar-refractivity contribution is -0.121. The minimum absolute atomic E-state index is 0.0154. The number of Topliss-reactive ketones (excluding diaryl/α,β-unsaturated/α-hetero) is 1. The second-order valence-electron chi connectivity index (χ2n) is 3.76. The second-order valence-corrected chi connectivity index (χ2v) is 4.20. The summed E-state index contributed by atoms with van der Waals surface area (Å²) in [5, 5.41) is 0.421. The van der Waals surface area contributed by atoms with Crippen molar-refractivity contribution in [3.63, 3.8) is 0 Å². The molecule has 3 N–H and O–H groups in total. The highest BCUT2D eigenvalue weighted by atomic mass is 35.5. The molecule has 0 spiro atoms. The van der Waals surface area contributed by atoms with Gasteiger partial charge in [0.05, 0.1) is 11.3 Å². The van der Waals surface area contributed by atoms with Crippen molar-refractivity contribution < 1.29 is 14.4 Å². The highest BCUT2D eigenvalue weighted by Crippen LogP contribution is 2.31. The van der Waals surface area contributed by atoms with Crippen LogP contribution in [0.4, 0.5) is 5.69 Å². The van der Waals surface area contributed by atoms with Crippen LogP contribution in [0.3, 0.4) is 0 Å². The van der Waals surface area contributed by atoms with E-state index in [9.17, 15) is 14.4 Å². The first-order valence-corrected chi connectivity index (χ1v) is 5.57. The normalized spacial score (nSPS) is 13.8. The van der Waals surface area contributed by atoms with E-state index in [0.717, 1.165) is 0 Å². The summed E-state index contributed by atoms with van der Waals surface area (Å²) in [7, 11) is 0. The fourth-order valence-electron chi connectivity index (χ4n) is 1.77. The lowest BCUT2D eigenvalue weighted by atomic mass is 10.1. The zero-order valence-corrected chi connectivity index (χ0v) is 10.0. The number of nitrogens with zero attached hydrogens (tertiary/aromatic N) is 1. The van der Waals surface area contributed by atoms with Crippen molar-refractivity contribution >= 4 is 34.9 Å². The number of hydrogen-bond donors (Lipinski definition) is 2. The van der Waals surface area contributed by atoms with Gasteiger partial charge in [0.15, 0.2) is 0 Å². The average molecular weight is 268 g/mol. The van der Waals surface area contributed by atoms with Crippen molar-refractivity contribution in [1.82, 2.24) is 5.43 Å². The lowest BCUT2D eigenvalue weighted by Crippen LogP contribution is -2.36. The summed E-state index contributed by atoms with van der Waals surface area (Å²) in [4.78, 5) is 35.7. The van der Waals surface area contributed by atoms with Gasteiger partial charge in [-0.15, -0.1) is 0 Å². The minimum atomic E-state index is -0.655. The molecule has 6 nitrogen and oxygen atoms in total. The van der Waals surface area contributed by atoms with Crippen LogP contribution in [-0.2, 0) is 9.59 Å². The molecule has 1 heterocycles. The number of nitrogens with one attached hydrogen (secondary N) is 1. The van der Waals surface area contributed by atoms with Crippen LogP contribution in [-0.4, -0.2) is 24.1 Å². The van der Waals surface area contributed by atoms with Gasteiger partial charge in [-0.2, -0.15) is 0 Å². The highest BCUT2D eigenvalue weighted by molar-refractivity contribution is 6.52. The predicted molar refractivity (Wildman–Crippen MR) is 65.1 cm³/mol. The number of carbonyl (C=O) groups is 3. The van der Waals surface area contributed by atoms with Gasteiger partial charge in [0, 0.05) is 18.0 Å². The van der Waals surface area contributed by atoms with E-state index in [0.29, 0.717) is 16.3 Å². The molecule has 1 aliphatic heterocycles. The molecule has 2 rings (SSSR count). The number of anilines is 1. The number of ketones is 1. The SMILES string of the molecule is NNC(=O)CCN1C(=O)C(=O)c2ccc(Cl)cc21. The van der Waals surface area contributed by atoms with Crippen molar-refractivity contribution in [2.45, 2.75) is 6.42 Å². The van der Waals surface area contributed by atoms with E-state index < -0.39 is 17.6 Å². The Hall–Kier alpha value is -1.92. The maximum absolute atomic E-state index is 11.7. The molecular weight excluding hydrogens is 258 g/mol. The third kappa shape index (κ3) is 2.07. The Morgan fingerprint density at radius 3 is 2.78 bits per heavy atom. The van der Waals surface area contributed by atoms with Crippen LogP contribution in [0, 0.1) is 0 Å². The van der Waals surface area contributed by atoms with Crippen LogP contribution in [0.2, 0.25) is 5.02 Å². The number of rotatable bonds is 3. The van der Waals surface area contributed by atoms with Crippen LogP contribution >= 0.6 is 11.6 Å². The van der Waals surface area contributed by atoms with Gasteiger partial charge in [-0.05, 0) is 18.2 Å². The van der Waals surface area contributed by atoms with Gasteiger partial charge in [0.25, 0.3) is 11.7 Å². The Bertz CT molecular complexity index is 544. The number of fused-ring (bicyclic) bond motifs is 1. The fourth-order valence-corrected chi connectivity index (χ4v) is 1.94. The van der Waals surface area contributed by atoms with Crippen LogP contribution < -0.4 is 16.2 Å². The molecule has 18 heavy (non-hydrogen) atoms. The predicted octanol–water partition coefficient (Wildman–Crippen LogP) is 0.249. The van der Waals surface area contributed by atoms with Crippen LogP contribution in [0.15, 0.2) is 18.2 Å². The van der Waals surface area contributed by atoms with Gasteiger partial charge in [-0.1, -0.05) is 11.6 Å². The quantitative estimate of drug-likeness (QED) is 0.355. The smallest absolute Gasteiger partial charge is 0.299 e. The van der Waals surface area contributed by atoms with Gasteiger partial charge in [-0.25, -0.2) is 5.84 Å². The van der Waals surface area contributed by atoms with Crippen LogP contribution in [0.1, 0.15) is 16.8 Å². The molecule has 0 aliphatic carbocycles. The molecule has 0 atom stereocenters. The number of hydrazine groups is 1.